The fraction of sp³-hybridized carbons (Fsp3) is 0. The Labute approximate surface area is 148 Å². The Bertz CT molecular complexity index is 1010. The van der Waals surface area contributed by atoms with Crippen LogP contribution in [0.2, 0.25) is 0 Å². The summed E-state index contributed by atoms with van der Waals surface area (Å²) < 4.78 is 27.2. The highest BCUT2D eigenvalue weighted by molar-refractivity contribution is 5.67. The van der Waals surface area contributed by atoms with Crippen molar-refractivity contribution >= 4 is 11.5 Å². The topological polar surface area (TPSA) is 53.6 Å². The van der Waals surface area contributed by atoms with Crippen LogP contribution in [0.4, 0.5) is 20.3 Å². The van der Waals surface area contributed by atoms with E-state index in [1.807, 2.05) is 24.3 Å². The lowest BCUT2D eigenvalue weighted by molar-refractivity contribution is 0.511. The number of aromatic nitrogens is 3. The normalized spacial score (nSPS) is 10.7. The Balaban J connectivity index is 1.52. The fourth-order valence-electron chi connectivity index (χ4n) is 2.65. The quantitative estimate of drug-likeness (QED) is 0.535. The van der Waals surface area contributed by atoms with Crippen molar-refractivity contribution in [2.45, 2.75) is 0 Å². The van der Waals surface area contributed by atoms with Gasteiger partial charge in [-0.05, 0) is 35.9 Å². The third-order valence-electron chi connectivity index (χ3n) is 3.99. The van der Waals surface area contributed by atoms with Crippen LogP contribution in [-0.4, -0.2) is 15.0 Å². The third-order valence-corrected chi connectivity index (χ3v) is 3.99. The minimum atomic E-state index is -0.873. The molecule has 0 saturated heterocycles. The van der Waals surface area contributed by atoms with E-state index in [1.165, 1.54) is 18.3 Å². The van der Waals surface area contributed by atoms with Crippen LogP contribution in [0.15, 0.2) is 73.3 Å². The minimum Gasteiger partial charge on any atom is -0.345 e. The van der Waals surface area contributed by atoms with Gasteiger partial charge in [0, 0.05) is 23.0 Å². The molecule has 4 nitrogen and oxygen atoms in total. The highest BCUT2D eigenvalue weighted by Crippen LogP contribution is 2.26. The fourth-order valence-corrected chi connectivity index (χ4v) is 2.65. The maximum absolute atomic E-state index is 13.9. The van der Waals surface area contributed by atoms with Gasteiger partial charge >= 0.3 is 0 Å². The molecule has 26 heavy (non-hydrogen) atoms. The zero-order valence-corrected chi connectivity index (χ0v) is 13.6. The van der Waals surface area contributed by atoms with E-state index in [2.05, 4.69) is 20.3 Å². The Kier molecular flexibility index (Phi) is 4.15. The van der Waals surface area contributed by atoms with Gasteiger partial charge in [0.1, 0.15) is 5.82 Å². The summed E-state index contributed by atoms with van der Waals surface area (Å²) in [5, 5.41) is 3.18. The van der Waals surface area contributed by atoms with Crippen molar-refractivity contribution in [3.8, 4) is 22.4 Å². The minimum absolute atomic E-state index is 0.188. The highest BCUT2D eigenvalue weighted by atomic mass is 19.2. The lowest BCUT2D eigenvalue weighted by atomic mass is 10.1. The van der Waals surface area contributed by atoms with Gasteiger partial charge in [0.05, 0.1) is 18.2 Å². The molecule has 2 heterocycles. The van der Waals surface area contributed by atoms with Crippen molar-refractivity contribution in [2.75, 3.05) is 5.32 Å². The van der Waals surface area contributed by atoms with Crippen LogP contribution >= 0.6 is 0 Å². The van der Waals surface area contributed by atoms with E-state index in [4.69, 9.17) is 0 Å². The second-order valence-electron chi connectivity index (χ2n) is 5.70. The number of pyridine rings is 1. The van der Waals surface area contributed by atoms with Crippen LogP contribution < -0.4 is 5.32 Å². The van der Waals surface area contributed by atoms with Gasteiger partial charge in [0.2, 0.25) is 0 Å². The molecule has 0 radical (unpaired) electrons. The molecule has 4 aromatic rings. The Morgan fingerprint density at radius 1 is 0.846 bits per heavy atom. The smallest absolute Gasteiger partial charge is 0.166 e. The van der Waals surface area contributed by atoms with E-state index in [1.54, 1.807) is 24.7 Å². The molecule has 2 aromatic heterocycles. The predicted octanol–water partition coefficient (Wildman–Crippen LogP) is 5.16. The predicted molar refractivity (Wildman–Crippen MR) is 96.9 cm³/mol. The average molecular weight is 348 g/mol. The number of H-pyrrole nitrogens is 1. The number of aromatic amines is 1. The van der Waals surface area contributed by atoms with E-state index in [-0.39, 0.29) is 5.56 Å². The van der Waals surface area contributed by atoms with Gasteiger partial charge in [-0.25, -0.2) is 18.7 Å². The first-order valence-corrected chi connectivity index (χ1v) is 7.97. The number of hydrogen-bond donors (Lipinski definition) is 2. The Morgan fingerprint density at radius 3 is 2.35 bits per heavy atom. The summed E-state index contributed by atoms with van der Waals surface area (Å²) in [7, 11) is 0. The number of anilines is 2. The molecule has 0 spiro atoms. The van der Waals surface area contributed by atoms with Gasteiger partial charge in [-0.3, -0.25) is 0 Å². The summed E-state index contributed by atoms with van der Waals surface area (Å²) in [6, 6.07) is 15.3. The molecule has 0 unspecified atom stereocenters. The Morgan fingerprint density at radius 2 is 1.65 bits per heavy atom. The van der Waals surface area contributed by atoms with E-state index < -0.39 is 11.6 Å². The number of hydrogen-bond acceptors (Lipinski definition) is 3. The molecule has 0 saturated carbocycles. The molecule has 4 rings (SSSR count). The van der Waals surface area contributed by atoms with Crippen LogP contribution in [0.5, 0.6) is 0 Å². The van der Waals surface area contributed by atoms with Gasteiger partial charge in [0.25, 0.3) is 0 Å². The maximum Gasteiger partial charge on any atom is 0.166 e. The molecule has 6 heteroatoms. The van der Waals surface area contributed by atoms with Crippen LogP contribution in [0.3, 0.4) is 0 Å². The van der Waals surface area contributed by atoms with Crippen LogP contribution in [-0.2, 0) is 0 Å². The molecule has 0 atom stereocenters. The van der Waals surface area contributed by atoms with Crippen LogP contribution in [0, 0.1) is 11.6 Å². The number of nitrogens with one attached hydrogen (secondary N) is 2. The molecule has 0 bridgehead atoms. The molecule has 128 valence electrons. The molecular formula is C20H14F2N4. The first-order chi connectivity index (χ1) is 12.7. The molecule has 0 aliphatic rings. The summed E-state index contributed by atoms with van der Waals surface area (Å²) >= 11 is 0. The summed E-state index contributed by atoms with van der Waals surface area (Å²) in [4.78, 5) is 11.3. The highest BCUT2D eigenvalue weighted by Gasteiger charge is 2.10. The number of rotatable bonds is 4. The number of benzene rings is 2. The van der Waals surface area contributed by atoms with Crippen molar-refractivity contribution in [1.29, 1.82) is 0 Å². The van der Waals surface area contributed by atoms with Crippen LogP contribution in [0.1, 0.15) is 0 Å². The molecule has 0 aliphatic carbocycles. The molecular weight excluding hydrogens is 334 g/mol. The largest absolute Gasteiger partial charge is 0.345 e. The zero-order valence-electron chi connectivity index (χ0n) is 13.6. The van der Waals surface area contributed by atoms with E-state index in [0.29, 0.717) is 11.4 Å². The molecule has 0 fully saturated rings. The number of nitrogens with zero attached hydrogens (tertiary/aromatic N) is 2. The number of imidazole rings is 1. The second kappa shape index (κ2) is 6.76. The summed E-state index contributed by atoms with van der Waals surface area (Å²) in [6.45, 7) is 0. The Hall–Kier alpha value is -3.54. The molecule has 0 amide bonds. The first-order valence-electron chi connectivity index (χ1n) is 7.97. The van der Waals surface area contributed by atoms with Crippen molar-refractivity contribution in [1.82, 2.24) is 15.0 Å². The van der Waals surface area contributed by atoms with Gasteiger partial charge < -0.3 is 10.3 Å². The van der Waals surface area contributed by atoms with E-state index in [9.17, 15) is 8.78 Å². The summed E-state index contributed by atoms with van der Waals surface area (Å²) in [5.74, 6) is -1.13. The molecule has 2 aromatic carbocycles. The number of halogens is 2. The monoisotopic (exact) mass is 348 g/mol. The van der Waals surface area contributed by atoms with Crippen molar-refractivity contribution in [3.63, 3.8) is 0 Å². The van der Waals surface area contributed by atoms with Gasteiger partial charge in [0.15, 0.2) is 11.6 Å². The van der Waals surface area contributed by atoms with E-state index in [0.717, 1.165) is 23.0 Å². The molecule has 0 aliphatic heterocycles. The zero-order chi connectivity index (χ0) is 17.9. The van der Waals surface area contributed by atoms with Crippen molar-refractivity contribution in [2.24, 2.45) is 0 Å². The average Bonchev–Trinajstić information content (AvgIpc) is 3.20. The van der Waals surface area contributed by atoms with Gasteiger partial charge in [-0.15, -0.1) is 0 Å². The SMILES string of the molecule is Fc1cccc(-c2ccc(Nc3ccc(-c4cnc[nH]4)cc3)nc2)c1F. The van der Waals surface area contributed by atoms with Crippen molar-refractivity contribution in [3.05, 3.63) is 85.0 Å². The lowest BCUT2D eigenvalue weighted by Crippen LogP contribution is -1.94. The summed E-state index contributed by atoms with van der Waals surface area (Å²) in [5.41, 5.74) is 3.54. The van der Waals surface area contributed by atoms with Gasteiger partial charge in [-0.1, -0.05) is 24.3 Å². The maximum atomic E-state index is 13.9. The van der Waals surface area contributed by atoms with E-state index >= 15 is 0 Å². The van der Waals surface area contributed by atoms with Crippen molar-refractivity contribution < 1.29 is 8.78 Å². The van der Waals surface area contributed by atoms with Gasteiger partial charge in [-0.2, -0.15) is 0 Å². The summed E-state index contributed by atoms with van der Waals surface area (Å²) in [6.07, 6.45) is 4.90. The van der Waals surface area contributed by atoms with Crippen LogP contribution in [0.25, 0.3) is 22.4 Å². The third kappa shape index (κ3) is 3.17. The molecule has 2 N–H and O–H groups in total. The lowest BCUT2D eigenvalue weighted by Gasteiger charge is -2.08. The first kappa shape index (κ1) is 16.0. The standard InChI is InChI=1S/C20H14F2N4/c21-17-3-1-2-16(20(17)22)14-6-9-19(24-10-14)26-15-7-4-13(5-8-15)18-11-23-12-25-18/h1-12H,(H,23,25)(H,24,26). The second-order valence-corrected chi connectivity index (χ2v) is 5.70.